The van der Waals surface area contributed by atoms with E-state index in [0.717, 1.165) is 16.9 Å². The summed E-state index contributed by atoms with van der Waals surface area (Å²) in [4.78, 5) is 16.2. The Bertz CT molecular complexity index is 842. The summed E-state index contributed by atoms with van der Waals surface area (Å²) >= 11 is 0. The Morgan fingerprint density at radius 3 is 2.80 bits per heavy atom. The third-order valence-corrected chi connectivity index (χ3v) is 3.65. The molecule has 4 nitrogen and oxygen atoms in total. The number of esters is 1. The number of halogens is 1. The lowest BCUT2D eigenvalue weighted by atomic mass is 10.1. The summed E-state index contributed by atoms with van der Waals surface area (Å²) in [5, 5.41) is 0. The average molecular weight is 339 g/mol. The molecule has 2 aromatic rings. The fourth-order valence-corrected chi connectivity index (χ4v) is 2.52. The standard InChI is InChI=1S/C20H18FNO3/c1-2-24-17-8-4-6-15(12-17)13-18-20(23)25-19(22-18)10-9-14-5-3-7-16(21)11-14/h3-8,11-13H,2,9-10H2,1H3/b18-13+. The topological polar surface area (TPSA) is 47.9 Å². The second-order valence-electron chi connectivity index (χ2n) is 5.56. The van der Waals surface area contributed by atoms with Crippen LogP contribution < -0.4 is 4.74 Å². The number of hydrogen-bond acceptors (Lipinski definition) is 4. The number of aliphatic imine (C=N–C) groups is 1. The minimum absolute atomic E-state index is 0.253. The largest absolute Gasteiger partial charge is 0.494 e. The van der Waals surface area contributed by atoms with Crippen molar-refractivity contribution < 1.29 is 18.7 Å². The van der Waals surface area contributed by atoms with Gasteiger partial charge in [0, 0.05) is 6.42 Å². The van der Waals surface area contributed by atoms with Gasteiger partial charge in [-0.2, -0.15) is 0 Å². The van der Waals surface area contributed by atoms with Crippen molar-refractivity contribution in [2.75, 3.05) is 6.61 Å². The van der Waals surface area contributed by atoms with Crippen molar-refractivity contribution >= 4 is 17.9 Å². The molecular formula is C20H18FNO3. The van der Waals surface area contributed by atoms with E-state index in [9.17, 15) is 9.18 Å². The van der Waals surface area contributed by atoms with E-state index in [1.807, 2.05) is 37.3 Å². The summed E-state index contributed by atoms with van der Waals surface area (Å²) in [6.45, 7) is 2.49. The fourth-order valence-electron chi connectivity index (χ4n) is 2.52. The monoisotopic (exact) mass is 339 g/mol. The number of hydrogen-bond donors (Lipinski definition) is 0. The summed E-state index contributed by atoms with van der Waals surface area (Å²) in [5.74, 6) is 0.327. The van der Waals surface area contributed by atoms with Crippen molar-refractivity contribution in [3.63, 3.8) is 0 Å². The van der Waals surface area contributed by atoms with Crippen molar-refractivity contribution in [2.45, 2.75) is 19.8 Å². The van der Waals surface area contributed by atoms with Gasteiger partial charge in [0.1, 0.15) is 11.6 Å². The summed E-state index contributed by atoms with van der Waals surface area (Å²) in [6.07, 6.45) is 2.66. The predicted molar refractivity (Wildman–Crippen MR) is 93.8 cm³/mol. The Kier molecular flexibility index (Phi) is 5.23. The molecule has 3 rings (SSSR count). The van der Waals surface area contributed by atoms with Gasteiger partial charge in [0.2, 0.25) is 0 Å². The van der Waals surface area contributed by atoms with E-state index >= 15 is 0 Å². The number of nitrogens with zero attached hydrogens (tertiary/aromatic N) is 1. The van der Waals surface area contributed by atoms with Gasteiger partial charge in [-0.25, -0.2) is 14.2 Å². The van der Waals surface area contributed by atoms with Crippen molar-refractivity contribution in [1.29, 1.82) is 0 Å². The summed E-state index contributed by atoms with van der Waals surface area (Å²) < 4.78 is 23.8. The van der Waals surface area contributed by atoms with Crippen molar-refractivity contribution in [3.05, 3.63) is 71.2 Å². The molecule has 0 atom stereocenters. The minimum atomic E-state index is -0.476. The Hall–Kier alpha value is -2.95. The Morgan fingerprint density at radius 1 is 1.16 bits per heavy atom. The van der Waals surface area contributed by atoms with Gasteiger partial charge in [-0.05, 0) is 54.8 Å². The lowest BCUT2D eigenvalue weighted by Crippen LogP contribution is -2.05. The first kappa shape index (κ1) is 16.9. The number of aryl methyl sites for hydroxylation is 1. The van der Waals surface area contributed by atoms with Crippen LogP contribution in [0, 0.1) is 5.82 Å². The molecule has 0 spiro atoms. The molecule has 2 aromatic carbocycles. The maximum absolute atomic E-state index is 13.2. The van der Waals surface area contributed by atoms with Crippen LogP contribution in [0.5, 0.6) is 5.75 Å². The summed E-state index contributed by atoms with van der Waals surface area (Å²) in [6, 6.07) is 13.8. The first-order chi connectivity index (χ1) is 12.1. The van der Waals surface area contributed by atoms with Gasteiger partial charge in [-0.1, -0.05) is 24.3 Å². The number of carbonyl (C=O) groups is 1. The number of benzene rings is 2. The van der Waals surface area contributed by atoms with Crippen molar-refractivity contribution in [2.24, 2.45) is 4.99 Å². The van der Waals surface area contributed by atoms with Gasteiger partial charge in [0.05, 0.1) is 6.61 Å². The van der Waals surface area contributed by atoms with Gasteiger partial charge < -0.3 is 9.47 Å². The van der Waals surface area contributed by atoms with Crippen LogP contribution in [0.2, 0.25) is 0 Å². The zero-order valence-electron chi connectivity index (χ0n) is 13.9. The summed E-state index contributed by atoms with van der Waals surface area (Å²) in [5.41, 5.74) is 1.90. The van der Waals surface area contributed by atoms with Crippen molar-refractivity contribution in [1.82, 2.24) is 0 Å². The van der Waals surface area contributed by atoms with Crippen LogP contribution in [0.15, 0.2) is 59.2 Å². The molecule has 0 fully saturated rings. The quantitative estimate of drug-likeness (QED) is 0.587. The van der Waals surface area contributed by atoms with E-state index in [1.165, 1.54) is 12.1 Å². The highest BCUT2D eigenvalue weighted by Crippen LogP contribution is 2.20. The average Bonchev–Trinajstić information content (AvgIpc) is 2.94. The second-order valence-corrected chi connectivity index (χ2v) is 5.56. The molecule has 0 aliphatic carbocycles. The van der Waals surface area contributed by atoms with E-state index in [2.05, 4.69) is 4.99 Å². The lowest BCUT2D eigenvalue weighted by molar-refractivity contribution is -0.130. The molecule has 0 amide bonds. The third-order valence-electron chi connectivity index (χ3n) is 3.65. The van der Waals surface area contributed by atoms with Crippen LogP contribution in [0.1, 0.15) is 24.5 Å². The zero-order chi connectivity index (χ0) is 17.6. The van der Waals surface area contributed by atoms with Gasteiger partial charge in [-0.3, -0.25) is 0 Å². The Morgan fingerprint density at radius 2 is 2.00 bits per heavy atom. The fraction of sp³-hybridized carbons (Fsp3) is 0.200. The maximum Gasteiger partial charge on any atom is 0.363 e. The van der Waals surface area contributed by atoms with E-state index in [4.69, 9.17) is 9.47 Å². The molecule has 0 saturated heterocycles. The Balaban J connectivity index is 1.70. The number of carbonyl (C=O) groups excluding carboxylic acids is 1. The highest BCUT2D eigenvalue weighted by atomic mass is 19.1. The van der Waals surface area contributed by atoms with Gasteiger partial charge in [0.25, 0.3) is 0 Å². The molecular weight excluding hydrogens is 321 g/mol. The van der Waals surface area contributed by atoms with Gasteiger partial charge in [-0.15, -0.1) is 0 Å². The normalized spacial score (nSPS) is 15.2. The first-order valence-corrected chi connectivity index (χ1v) is 8.13. The Labute approximate surface area is 145 Å². The van der Waals surface area contributed by atoms with Crippen LogP contribution >= 0.6 is 0 Å². The second kappa shape index (κ2) is 7.75. The maximum atomic E-state index is 13.2. The minimum Gasteiger partial charge on any atom is -0.494 e. The molecule has 0 radical (unpaired) electrons. The highest BCUT2D eigenvalue weighted by Gasteiger charge is 2.22. The van der Waals surface area contributed by atoms with Crippen LogP contribution in [0.4, 0.5) is 4.39 Å². The molecule has 0 N–H and O–H groups in total. The number of ether oxygens (including phenoxy) is 2. The van der Waals surface area contributed by atoms with Gasteiger partial charge in [0.15, 0.2) is 11.6 Å². The zero-order valence-corrected chi connectivity index (χ0v) is 13.9. The SMILES string of the molecule is CCOc1cccc(/C=C2/N=C(CCc3cccc(F)c3)OC2=O)c1. The molecule has 0 saturated carbocycles. The molecule has 1 aliphatic heterocycles. The molecule has 25 heavy (non-hydrogen) atoms. The molecule has 1 aliphatic rings. The number of cyclic esters (lactones) is 1. The molecule has 128 valence electrons. The highest BCUT2D eigenvalue weighted by molar-refractivity contribution is 6.07. The number of rotatable bonds is 6. The smallest absolute Gasteiger partial charge is 0.363 e. The predicted octanol–water partition coefficient (Wildman–Crippen LogP) is 4.15. The third kappa shape index (κ3) is 4.53. The van der Waals surface area contributed by atoms with Crippen LogP contribution in [-0.4, -0.2) is 18.5 Å². The van der Waals surface area contributed by atoms with Crippen LogP contribution in [0.3, 0.4) is 0 Å². The van der Waals surface area contributed by atoms with Crippen LogP contribution in [-0.2, 0) is 16.0 Å². The van der Waals surface area contributed by atoms with E-state index in [-0.39, 0.29) is 11.5 Å². The van der Waals surface area contributed by atoms with Crippen molar-refractivity contribution in [3.8, 4) is 5.75 Å². The molecule has 5 heteroatoms. The van der Waals surface area contributed by atoms with Gasteiger partial charge >= 0.3 is 5.97 Å². The summed E-state index contributed by atoms with van der Waals surface area (Å²) in [7, 11) is 0. The molecule has 1 heterocycles. The molecule has 0 unspecified atom stereocenters. The van der Waals surface area contributed by atoms with E-state index < -0.39 is 5.97 Å². The lowest BCUT2D eigenvalue weighted by Gasteiger charge is -2.03. The first-order valence-electron chi connectivity index (χ1n) is 8.13. The van der Waals surface area contributed by atoms with E-state index in [1.54, 1.807) is 12.1 Å². The molecule has 0 bridgehead atoms. The van der Waals surface area contributed by atoms with E-state index in [0.29, 0.717) is 25.3 Å². The van der Waals surface area contributed by atoms with Crippen LogP contribution in [0.25, 0.3) is 6.08 Å². The molecule has 0 aromatic heterocycles.